The number of hydrogen-bond donors (Lipinski definition) is 2. The lowest BCUT2D eigenvalue weighted by molar-refractivity contribution is -0.370. The van der Waals surface area contributed by atoms with Gasteiger partial charge in [-0.15, -0.1) is 0 Å². The number of aliphatic hydroxyl groups excluding tert-OH is 1. The van der Waals surface area contributed by atoms with Gasteiger partial charge in [0.25, 0.3) is 0 Å². The van der Waals surface area contributed by atoms with E-state index in [-0.39, 0.29) is 146 Å². The van der Waals surface area contributed by atoms with Crippen LogP contribution in [0.3, 0.4) is 0 Å². The van der Waals surface area contributed by atoms with E-state index in [1.807, 2.05) is 0 Å². The minimum absolute atomic E-state index is 0.0202. The number of rotatable bonds is 3. The predicted molar refractivity (Wildman–Crippen MR) is 285 cm³/mol. The number of carbonyl (C=O) groups excluding carboxylic acids is 1. The number of aliphatic hydroxyl groups is 2. The van der Waals surface area contributed by atoms with Crippen LogP contribution in [0.25, 0.3) is 0 Å². The smallest absolute Gasteiger partial charge is 0.308 e. The quantitative estimate of drug-likeness (QED) is 0.234. The van der Waals surface area contributed by atoms with Crippen LogP contribution < -0.4 is 0 Å². The summed E-state index contributed by atoms with van der Waals surface area (Å²) in [5.74, 6) is -3.53. The molecule has 17 fully saturated rings. The highest BCUT2D eigenvalue weighted by molar-refractivity contribution is 5.70. The van der Waals surface area contributed by atoms with Gasteiger partial charge in [0.15, 0.2) is 23.1 Å². The second-order valence-electron chi connectivity index (χ2n) is 29.1. The van der Waals surface area contributed by atoms with E-state index in [1.165, 1.54) is 0 Å². The lowest BCUT2D eigenvalue weighted by Crippen LogP contribution is -2.64. The van der Waals surface area contributed by atoms with Crippen molar-refractivity contribution in [1.29, 1.82) is 0 Å². The van der Waals surface area contributed by atoms with Crippen molar-refractivity contribution in [3.63, 3.8) is 0 Å². The predicted octanol–water partition coefficient (Wildman–Crippen LogP) is 6.32. The Labute approximate surface area is 481 Å². The number of ether oxygens (including phenoxy) is 16. The summed E-state index contributed by atoms with van der Waals surface area (Å²) in [6.07, 6.45) is 5.74. The van der Waals surface area contributed by atoms with Gasteiger partial charge in [-0.25, -0.2) is 0 Å². The molecule has 1 aliphatic carbocycles. The molecule has 1 saturated carbocycles. The number of methoxy groups -OCH3 is 1. The first-order chi connectivity index (χ1) is 39.4. The Kier molecular flexibility index (Phi) is 13.7. The molecule has 17 aliphatic rings. The van der Waals surface area contributed by atoms with Crippen LogP contribution in [0.1, 0.15) is 156 Å². The van der Waals surface area contributed by atoms with Crippen LogP contribution in [0.15, 0.2) is 24.3 Å². The van der Waals surface area contributed by atoms with Gasteiger partial charge in [0.2, 0.25) is 0 Å². The van der Waals surface area contributed by atoms with Crippen molar-refractivity contribution in [2.45, 2.75) is 319 Å². The normalized spacial score (nSPS) is 59.2. The molecule has 19 heteroatoms. The minimum Gasteiger partial charge on any atom is -0.459 e. The van der Waals surface area contributed by atoms with E-state index in [9.17, 15) is 15.0 Å². The molecule has 0 amide bonds. The maximum atomic E-state index is 14.7. The first-order valence-corrected chi connectivity index (χ1v) is 32.2. The molecule has 0 aromatic heterocycles. The first-order valence-electron chi connectivity index (χ1n) is 32.2. The van der Waals surface area contributed by atoms with E-state index in [1.54, 1.807) is 7.11 Å². The van der Waals surface area contributed by atoms with Crippen LogP contribution >= 0.6 is 0 Å². The van der Waals surface area contributed by atoms with E-state index in [0.717, 1.165) is 49.7 Å². The highest BCUT2D eigenvalue weighted by Crippen LogP contribution is 2.61. The van der Waals surface area contributed by atoms with Crippen molar-refractivity contribution in [1.82, 2.24) is 0 Å². The number of carbonyl (C=O) groups is 1. The molecule has 3 spiro atoms. The van der Waals surface area contributed by atoms with Crippen molar-refractivity contribution in [3.8, 4) is 0 Å². The Morgan fingerprint density at radius 3 is 2.05 bits per heavy atom. The Bertz CT molecular complexity index is 2500. The molecular weight excluding hydrogens is 1060 g/mol. The molecule has 0 aromatic rings. The molecule has 17 rings (SSSR count). The van der Waals surface area contributed by atoms with Crippen molar-refractivity contribution >= 4 is 5.97 Å². The molecular formula is C63H90O19. The van der Waals surface area contributed by atoms with Gasteiger partial charge in [0, 0.05) is 90.3 Å². The fourth-order valence-electron chi connectivity index (χ4n) is 19.8. The Morgan fingerprint density at radius 2 is 1.21 bits per heavy atom. The second kappa shape index (κ2) is 20.1. The van der Waals surface area contributed by atoms with Gasteiger partial charge in [-0.05, 0) is 86.2 Å². The molecule has 16 heterocycles. The van der Waals surface area contributed by atoms with Gasteiger partial charge in [0.1, 0.15) is 30.0 Å². The van der Waals surface area contributed by atoms with Gasteiger partial charge in [-0.1, -0.05) is 40.9 Å². The molecule has 0 radical (unpaired) electrons. The van der Waals surface area contributed by atoms with Gasteiger partial charge in [-0.2, -0.15) is 0 Å². The molecule has 0 unspecified atom stereocenters. The Hall–Kier alpha value is -1.73. The topological polar surface area (TPSA) is 205 Å². The minimum atomic E-state index is -1.17. The Balaban J connectivity index is 0.629. The standard InChI is InChI=1S/C63H90O19/c1-29-16-36-10-11-39-30(2)17-38(68-39)12-13-60-28-49-57(82-60)63(66)24-35-8-9-37(70-55(35)56(81-60)58(63)74-49)18-50(65)75-54-34(6)53-44(71-43(54)19-40(69-36)33(29)5)20-41-47(73-53)26-62(77-41)27-48-52(80-62)32(4)23-61(79-48)22-31(3)51-45(78-61)21-42-46(72-51)25-59(67-7,76-42)14-15-64/h29,31-32,34-49,51-58,64,66H,2,5,8-28H2,1,3-4,6-7H3/t29-,31+,32+,34+,35-,36+,37-,38+,39+,40-,41-,42-,43+,44+,45+,46-,47-,48+,49-,51+,52+,53+,54-,55+,56+,57+,58+,59+,60-,61-,62+,63-/m1/s1. The third-order valence-electron chi connectivity index (χ3n) is 23.6. The zero-order valence-electron chi connectivity index (χ0n) is 48.7. The van der Waals surface area contributed by atoms with E-state index >= 15 is 0 Å². The maximum absolute atomic E-state index is 14.7. The summed E-state index contributed by atoms with van der Waals surface area (Å²) >= 11 is 0. The number of esters is 1. The van der Waals surface area contributed by atoms with Crippen molar-refractivity contribution in [2.24, 2.45) is 29.6 Å². The van der Waals surface area contributed by atoms with E-state index < -0.39 is 65.4 Å². The summed E-state index contributed by atoms with van der Waals surface area (Å²) in [5, 5.41) is 22.3. The molecule has 0 aromatic carbocycles. The van der Waals surface area contributed by atoms with Crippen molar-refractivity contribution in [2.75, 3.05) is 13.7 Å². The van der Waals surface area contributed by atoms with Crippen LogP contribution in [0, 0.1) is 29.6 Å². The third kappa shape index (κ3) is 9.05. The highest BCUT2D eigenvalue weighted by Gasteiger charge is 2.74. The fraction of sp³-hybridized carbons (Fsp3) is 0.921. The van der Waals surface area contributed by atoms with Gasteiger partial charge in [0.05, 0.1) is 116 Å². The molecule has 12 bridgehead atoms. The monoisotopic (exact) mass is 1150 g/mol. The summed E-state index contributed by atoms with van der Waals surface area (Å²) in [5.41, 5.74) is 0.969. The van der Waals surface area contributed by atoms with Crippen LogP contribution in [0.5, 0.6) is 0 Å². The zero-order chi connectivity index (χ0) is 56.0. The average Bonchev–Trinajstić information content (AvgIpc) is 3.57. The SMILES string of the molecule is C=C1C[C@@H]2CC[C@@]34C[C@H]5O[C@H]6[C@@H](O3)[C@H]3O[C@H](CC[C@@H]3C[C@@]6(O)[C@H]5O4)CC(=O)O[C@@H]3[C@@H](C)[C@@H]4O[C@@H]5C[C@]6(C[C@@H]7O[C@]8(C[C@H](C)[C@@H]9O[C@@H]%10C[C@@](CCO)(OC)O[C@@H]%10C[C@@H]9O8)C[C@H](C)[C@@H]7O6)O[C@@H]5C[C@@H]4O[C@H]3C[C@H]3O[C@@H](CC[C@@H]1O2)C[C@@H](C)C3=C. The summed E-state index contributed by atoms with van der Waals surface area (Å²) in [6, 6.07) is 0. The number of hydrogen-bond acceptors (Lipinski definition) is 19. The molecule has 16 saturated heterocycles. The zero-order valence-corrected chi connectivity index (χ0v) is 48.7. The lowest BCUT2D eigenvalue weighted by atomic mass is 9.68. The van der Waals surface area contributed by atoms with E-state index in [0.29, 0.717) is 83.5 Å². The first kappa shape index (κ1) is 55.6. The Morgan fingerprint density at radius 1 is 0.524 bits per heavy atom. The molecule has 82 heavy (non-hydrogen) atoms. The molecule has 19 nitrogen and oxygen atoms in total. The van der Waals surface area contributed by atoms with Crippen LogP contribution in [0.4, 0.5) is 0 Å². The van der Waals surface area contributed by atoms with Crippen LogP contribution in [-0.4, -0.2) is 193 Å². The number of fused-ring (bicyclic) bond motifs is 11. The largest absolute Gasteiger partial charge is 0.459 e. The maximum Gasteiger partial charge on any atom is 0.308 e. The molecule has 2 N–H and O–H groups in total. The average molecular weight is 1150 g/mol. The van der Waals surface area contributed by atoms with Crippen molar-refractivity contribution in [3.05, 3.63) is 24.3 Å². The van der Waals surface area contributed by atoms with Crippen LogP contribution in [-0.2, 0) is 80.6 Å². The van der Waals surface area contributed by atoms with Crippen molar-refractivity contribution < 1.29 is 90.8 Å². The highest BCUT2D eigenvalue weighted by atomic mass is 16.8. The lowest BCUT2D eigenvalue weighted by Gasteiger charge is -2.54. The van der Waals surface area contributed by atoms with Crippen LogP contribution in [0.2, 0.25) is 0 Å². The molecule has 32 atom stereocenters. The summed E-state index contributed by atoms with van der Waals surface area (Å²) in [6.45, 7) is 18.0. The van der Waals surface area contributed by atoms with E-state index in [4.69, 9.17) is 75.8 Å². The summed E-state index contributed by atoms with van der Waals surface area (Å²) < 4.78 is 110. The second-order valence-corrected chi connectivity index (χ2v) is 29.1. The molecule has 16 aliphatic heterocycles. The molecule has 456 valence electrons. The third-order valence-corrected chi connectivity index (χ3v) is 23.6. The fourth-order valence-corrected chi connectivity index (χ4v) is 19.8. The van der Waals surface area contributed by atoms with Gasteiger partial charge >= 0.3 is 5.97 Å². The summed E-state index contributed by atoms with van der Waals surface area (Å²) in [4.78, 5) is 14.7. The van der Waals surface area contributed by atoms with Gasteiger partial charge in [-0.3, -0.25) is 4.79 Å². The van der Waals surface area contributed by atoms with Gasteiger partial charge < -0.3 is 86.0 Å². The summed E-state index contributed by atoms with van der Waals surface area (Å²) in [7, 11) is 1.64. The van der Waals surface area contributed by atoms with E-state index in [2.05, 4.69) is 40.9 Å².